The quantitative estimate of drug-likeness (QED) is 0.531. The Hall–Kier alpha value is -3.04. The highest BCUT2D eigenvalue weighted by atomic mass is 32.1. The van der Waals surface area contributed by atoms with Gasteiger partial charge in [0, 0.05) is 32.2 Å². The topological polar surface area (TPSA) is 79.2 Å². The molecule has 1 aromatic carbocycles. The van der Waals surface area contributed by atoms with Crippen molar-refractivity contribution in [1.82, 2.24) is 24.4 Å². The third kappa shape index (κ3) is 3.64. The number of piperazine rings is 1. The molecule has 2 unspecified atom stereocenters. The number of hydrogen-bond donors (Lipinski definition) is 1. The summed E-state index contributed by atoms with van der Waals surface area (Å²) in [7, 11) is 1.92. The van der Waals surface area contributed by atoms with Gasteiger partial charge in [0.25, 0.3) is 0 Å². The lowest BCUT2D eigenvalue weighted by Gasteiger charge is -2.45. The Bertz CT molecular complexity index is 1240. The number of carbonyl (C=O) groups is 1. The van der Waals surface area contributed by atoms with Gasteiger partial charge in [-0.3, -0.25) is 15.0 Å². The highest BCUT2D eigenvalue weighted by Crippen LogP contribution is 2.31. The van der Waals surface area contributed by atoms with Crippen LogP contribution in [0.15, 0.2) is 42.0 Å². The molecule has 1 amide bonds. The molecule has 0 spiro atoms. The number of nitrogens with zero attached hydrogens (tertiary/aromatic N) is 6. The van der Waals surface area contributed by atoms with E-state index < -0.39 is 0 Å². The van der Waals surface area contributed by atoms with E-state index in [2.05, 4.69) is 55.4 Å². The van der Waals surface area contributed by atoms with Crippen LogP contribution in [-0.2, 0) is 11.8 Å². The first-order valence-electron chi connectivity index (χ1n) is 10.4. The van der Waals surface area contributed by atoms with E-state index in [1.807, 2.05) is 35.9 Å². The number of rotatable bonds is 4. The van der Waals surface area contributed by atoms with E-state index in [-0.39, 0.29) is 18.0 Å². The minimum absolute atomic E-state index is 0.0477. The van der Waals surface area contributed by atoms with E-state index in [4.69, 9.17) is 0 Å². The van der Waals surface area contributed by atoms with Crippen LogP contribution in [-0.4, -0.2) is 62.0 Å². The first-order chi connectivity index (χ1) is 15.0. The maximum absolute atomic E-state index is 12.8. The summed E-state index contributed by atoms with van der Waals surface area (Å²) in [6.45, 7) is 6.29. The second-order valence-electron chi connectivity index (χ2n) is 8.17. The average Bonchev–Trinajstić information content (AvgIpc) is 3.33. The molecule has 1 saturated heterocycles. The summed E-state index contributed by atoms with van der Waals surface area (Å²) in [6.07, 6.45) is 1.64. The molecule has 8 nitrogen and oxygen atoms in total. The molecule has 9 heteroatoms. The van der Waals surface area contributed by atoms with E-state index in [0.29, 0.717) is 12.5 Å². The lowest BCUT2D eigenvalue weighted by Crippen LogP contribution is -2.58. The van der Waals surface area contributed by atoms with E-state index in [9.17, 15) is 4.79 Å². The van der Waals surface area contributed by atoms with Crippen molar-refractivity contribution < 1.29 is 4.79 Å². The van der Waals surface area contributed by atoms with Crippen LogP contribution in [0, 0.1) is 0 Å². The summed E-state index contributed by atoms with van der Waals surface area (Å²) in [6, 6.07) is 10.4. The van der Waals surface area contributed by atoms with E-state index in [0.717, 1.165) is 40.2 Å². The molecule has 1 N–H and O–H groups in total. The number of para-hydroxylation sites is 2. The molecular formula is C22H25N7OS. The molecule has 0 aliphatic carbocycles. The van der Waals surface area contributed by atoms with Crippen LogP contribution in [0.1, 0.15) is 13.8 Å². The molecule has 0 bridgehead atoms. The van der Waals surface area contributed by atoms with Crippen LogP contribution < -0.4 is 10.2 Å². The summed E-state index contributed by atoms with van der Waals surface area (Å²) in [5.74, 6) is 1.51. The van der Waals surface area contributed by atoms with Crippen molar-refractivity contribution in [3.8, 4) is 0 Å². The number of aryl methyl sites for hydroxylation is 1. The zero-order valence-corrected chi connectivity index (χ0v) is 18.6. The standard InChI is InChI=1S/C22H25N7OS/c1-14-10-28(11-15(2)29(14)20-16-8-9-31-21(16)24-13-23-20)12-19(30)26-22-25-17-6-4-5-7-18(17)27(22)3/h4-9,13-15H,10-12H2,1-3H3,(H,25,26,30). The van der Waals surface area contributed by atoms with Gasteiger partial charge in [-0.2, -0.15) is 0 Å². The molecule has 2 atom stereocenters. The molecule has 0 saturated carbocycles. The average molecular weight is 436 g/mol. The Morgan fingerprint density at radius 2 is 1.94 bits per heavy atom. The van der Waals surface area contributed by atoms with E-state index >= 15 is 0 Å². The Balaban J connectivity index is 1.28. The highest BCUT2D eigenvalue weighted by molar-refractivity contribution is 7.16. The van der Waals surface area contributed by atoms with Crippen LogP contribution in [0.25, 0.3) is 21.3 Å². The number of carbonyl (C=O) groups excluding carboxylic acids is 1. The van der Waals surface area contributed by atoms with Gasteiger partial charge < -0.3 is 9.47 Å². The molecule has 1 fully saturated rings. The smallest absolute Gasteiger partial charge is 0.240 e. The first-order valence-corrected chi connectivity index (χ1v) is 11.3. The van der Waals surface area contributed by atoms with Gasteiger partial charge in [-0.15, -0.1) is 11.3 Å². The van der Waals surface area contributed by atoms with Gasteiger partial charge in [-0.1, -0.05) is 12.1 Å². The van der Waals surface area contributed by atoms with Crippen molar-refractivity contribution in [3.05, 3.63) is 42.0 Å². The largest absolute Gasteiger partial charge is 0.348 e. The molecule has 5 rings (SSSR count). The molecule has 1 aliphatic rings. The van der Waals surface area contributed by atoms with Crippen LogP contribution >= 0.6 is 11.3 Å². The lowest BCUT2D eigenvalue weighted by atomic mass is 10.1. The number of aromatic nitrogens is 4. The first kappa shape index (κ1) is 19.9. The fourth-order valence-electron chi connectivity index (χ4n) is 4.59. The van der Waals surface area contributed by atoms with Gasteiger partial charge in [0.2, 0.25) is 11.9 Å². The fourth-order valence-corrected chi connectivity index (χ4v) is 5.31. The summed E-state index contributed by atoms with van der Waals surface area (Å²) in [5, 5.41) is 6.13. The molecule has 160 valence electrons. The number of thiophene rings is 1. The van der Waals surface area contributed by atoms with Crippen molar-refractivity contribution in [2.24, 2.45) is 7.05 Å². The van der Waals surface area contributed by atoms with Gasteiger partial charge in [0.05, 0.1) is 23.0 Å². The zero-order chi connectivity index (χ0) is 21.5. The lowest BCUT2D eigenvalue weighted by molar-refractivity contribution is -0.117. The Labute approximate surface area is 184 Å². The number of imidazole rings is 1. The fraction of sp³-hybridized carbons (Fsp3) is 0.364. The van der Waals surface area contributed by atoms with Crippen LogP contribution in [0.4, 0.5) is 11.8 Å². The number of amides is 1. The zero-order valence-electron chi connectivity index (χ0n) is 17.8. The number of anilines is 2. The van der Waals surface area contributed by atoms with E-state index in [1.165, 1.54) is 0 Å². The van der Waals surface area contributed by atoms with Crippen LogP contribution in [0.3, 0.4) is 0 Å². The van der Waals surface area contributed by atoms with Crippen molar-refractivity contribution in [2.75, 3.05) is 29.9 Å². The summed E-state index contributed by atoms with van der Waals surface area (Å²) < 4.78 is 1.91. The van der Waals surface area contributed by atoms with Gasteiger partial charge in [-0.25, -0.2) is 15.0 Å². The minimum atomic E-state index is -0.0477. The third-order valence-electron chi connectivity index (χ3n) is 5.89. The maximum Gasteiger partial charge on any atom is 0.240 e. The second-order valence-corrected chi connectivity index (χ2v) is 9.06. The normalized spacial score (nSPS) is 19.9. The summed E-state index contributed by atoms with van der Waals surface area (Å²) in [5.41, 5.74) is 1.87. The molecule has 0 radical (unpaired) electrons. The maximum atomic E-state index is 12.8. The van der Waals surface area contributed by atoms with Crippen molar-refractivity contribution in [3.63, 3.8) is 0 Å². The Kier molecular flexibility index (Phi) is 5.07. The predicted molar refractivity (Wildman–Crippen MR) is 125 cm³/mol. The number of hydrogen-bond acceptors (Lipinski definition) is 7. The third-order valence-corrected chi connectivity index (χ3v) is 6.71. The molecule has 4 heterocycles. The predicted octanol–water partition coefficient (Wildman–Crippen LogP) is 3.12. The minimum Gasteiger partial charge on any atom is -0.348 e. The number of benzene rings is 1. The van der Waals surface area contributed by atoms with Crippen LogP contribution in [0.2, 0.25) is 0 Å². The highest BCUT2D eigenvalue weighted by Gasteiger charge is 2.32. The van der Waals surface area contributed by atoms with Crippen molar-refractivity contribution in [2.45, 2.75) is 25.9 Å². The van der Waals surface area contributed by atoms with Gasteiger partial charge in [-0.05, 0) is 37.4 Å². The van der Waals surface area contributed by atoms with Crippen LogP contribution in [0.5, 0.6) is 0 Å². The summed E-state index contributed by atoms with van der Waals surface area (Å²) in [4.78, 5) is 31.8. The van der Waals surface area contributed by atoms with Gasteiger partial charge in [0.15, 0.2) is 0 Å². The second kappa shape index (κ2) is 7.90. The molecular weight excluding hydrogens is 410 g/mol. The van der Waals surface area contributed by atoms with E-state index in [1.54, 1.807) is 17.7 Å². The Morgan fingerprint density at radius 1 is 1.16 bits per heavy atom. The molecule has 31 heavy (non-hydrogen) atoms. The molecule has 3 aromatic heterocycles. The number of nitrogens with one attached hydrogen (secondary N) is 1. The monoisotopic (exact) mass is 435 g/mol. The number of fused-ring (bicyclic) bond motifs is 2. The Morgan fingerprint density at radius 3 is 2.71 bits per heavy atom. The summed E-state index contributed by atoms with van der Waals surface area (Å²) >= 11 is 1.63. The SMILES string of the molecule is CC1CN(CC(=O)Nc2nc3ccccc3n2C)CC(C)N1c1ncnc2sccc12. The van der Waals surface area contributed by atoms with Gasteiger partial charge in [0.1, 0.15) is 17.0 Å². The van der Waals surface area contributed by atoms with Gasteiger partial charge >= 0.3 is 0 Å². The molecule has 1 aliphatic heterocycles. The molecule has 4 aromatic rings. The van der Waals surface area contributed by atoms with Crippen molar-refractivity contribution >= 4 is 50.3 Å². The van der Waals surface area contributed by atoms with Crippen molar-refractivity contribution in [1.29, 1.82) is 0 Å².